The van der Waals surface area contributed by atoms with E-state index < -0.39 is 5.54 Å². The minimum absolute atomic E-state index is 0.0267. The maximum absolute atomic E-state index is 13.1. The number of benzene rings is 1. The number of para-hydroxylation sites is 2. The molecule has 0 spiro atoms. The van der Waals surface area contributed by atoms with Gasteiger partial charge in [0.1, 0.15) is 5.54 Å². The van der Waals surface area contributed by atoms with Gasteiger partial charge in [-0.05, 0) is 51.2 Å². The molecule has 1 heterocycles. The van der Waals surface area contributed by atoms with Crippen LogP contribution in [0.5, 0.6) is 0 Å². The lowest BCUT2D eigenvalue weighted by molar-refractivity contribution is -0.163. The average molecular weight is 284 g/mol. The van der Waals surface area contributed by atoms with Crippen molar-refractivity contribution in [3.63, 3.8) is 0 Å². The van der Waals surface area contributed by atoms with Gasteiger partial charge in [-0.15, -0.1) is 0 Å². The van der Waals surface area contributed by atoms with E-state index in [1.54, 1.807) is 16.8 Å². The Morgan fingerprint density at radius 2 is 1.71 bits per heavy atom. The van der Waals surface area contributed by atoms with Crippen molar-refractivity contribution in [1.82, 2.24) is 0 Å². The van der Waals surface area contributed by atoms with E-state index in [0.717, 1.165) is 36.6 Å². The summed E-state index contributed by atoms with van der Waals surface area (Å²) in [5.74, 6) is 0.862. The van der Waals surface area contributed by atoms with Gasteiger partial charge in [-0.2, -0.15) is 0 Å². The van der Waals surface area contributed by atoms with Crippen LogP contribution in [0.2, 0.25) is 0 Å². The van der Waals surface area contributed by atoms with Gasteiger partial charge in [-0.3, -0.25) is 14.5 Å². The van der Waals surface area contributed by atoms with E-state index in [0.29, 0.717) is 0 Å². The van der Waals surface area contributed by atoms with Crippen LogP contribution in [-0.4, -0.2) is 24.4 Å². The summed E-state index contributed by atoms with van der Waals surface area (Å²) in [4.78, 5) is 29.3. The smallest absolute Gasteiger partial charge is 0.252 e. The van der Waals surface area contributed by atoms with Crippen LogP contribution in [0.3, 0.4) is 0 Å². The highest BCUT2D eigenvalue weighted by Gasteiger charge is 2.64. The summed E-state index contributed by atoms with van der Waals surface area (Å²) in [5.41, 5.74) is 0.682. The number of nitrogens with zero attached hydrogens (tertiary/aromatic N) is 2. The summed E-state index contributed by atoms with van der Waals surface area (Å²) in [6.07, 6.45) is 3.01. The molecule has 1 aromatic carbocycles. The van der Waals surface area contributed by atoms with Gasteiger partial charge in [-0.25, -0.2) is 0 Å². The number of hydrogen-bond donors (Lipinski definition) is 0. The summed E-state index contributed by atoms with van der Waals surface area (Å²) in [7, 11) is 1.78. The lowest BCUT2D eigenvalue weighted by Crippen LogP contribution is -2.69. The highest BCUT2D eigenvalue weighted by atomic mass is 16.2. The largest absolute Gasteiger partial charge is 0.311 e. The van der Waals surface area contributed by atoms with Crippen molar-refractivity contribution in [2.24, 2.45) is 11.3 Å². The third-order valence-corrected chi connectivity index (χ3v) is 5.57. The zero-order chi connectivity index (χ0) is 15.0. The Balaban J connectivity index is 1.85. The standard InChI is InChI=1S/C17H20N2O2/c1-16(2)14(20)18(3)12-6-4-5-7-13(12)19(16)15(21)17-8-11(9-17)10-17/h4-7,11H,8-10H2,1-3H3. The summed E-state index contributed by atoms with van der Waals surface area (Å²) < 4.78 is 0. The third-order valence-electron chi connectivity index (χ3n) is 5.57. The normalized spacial score (nSPS) is 32.1. The van der Waals surface area contributed by atoms with E-state index >= 15 is 0 Å². The molecule has 0 saturated heterocycles. The van der Waals surface area contributed by atoms with Crippen LogP contribution >= 0.6 is 0 Å². The van der Waals surface area contributed by atoms with E-state index in [-0.39, 0.29) is 17.2 Å². The molecule has 3 fully saturated rings. The fourth-order valence-electron chi connectivity index (χ4n) is 4.19. The number of carbonyl (C=O) groups is 2. The molecule has 3 saturated carbocycles. The number of amides is 2. The number of likely N-dealkylation sites (N-methyl/N-ethyl adjacent to an activating group) is 1. The van der Waals surface area contributed by atoms with Gasteiger partial charge < -0.3 is 4.90 Å². The molecule has 4 heteroatoms. The van der Waals surface area contributed by atoms with Crippen LogP contribution in [0.4, 0.5) is 11.4 Å². The number of anilines is 2. The highest BCUT2D eigenvalue weighted by Crippen LogP contribution is 2.66. The molecule has 4 nitrogen and oxygen atoms in total. The molecule has 4 aliphatic rings. The van der Waals surface area contributed by atoms with Crippen LogP contribution < -0.4 is 9.80 Å². The minimum atomic E-state index is -0.824. The SMILES string of the molecule is CN1C(=O)C(C)(C)N(C(=O)C23CC(C2)C3)c2ccccc21. The first-order valence-electron chi connectivity index (χ1n) is 7.59. The highest BCUT2D eigenvalue weighted by molar-refractivity contribution is 6.16. The topological polar surface area (TPSA) is 40.6 Å². The maximum Gasteiger partial charge on any atom is 0.252 e. The van der Waals surface area contributed by atoms with E-state index in [4.69, 9.17) is 0 Å². The van der Waals surface area contributed by atoms with Crippen LogP contribution in [0, 0.1) is 11.3 Å². The lowest BCUT2D eigenvalue weighted by Gasteiger charge is -2.62. The third kappa shape index (κ3) is 1.40. The van der Waals surface area contributed by atoms with Crippen molar-refractivity contribution in [3.8, 4) is 0 Å². The fourth-order valence-corrected chi connectivity index (χ4v) is 4.19. The second-order valence-corrected chi connectivity index (χ2v) is 7.31. The van der Waals surface area contributed by atoms with Crippen LogP contribution in [-0.2, 0) is 9.59 Å². The van der Waals surface area contributed by atoms with E-state index in [1.807, 2.05) is 38.1 Å². The first-order chi connectivity index (χ1) is 9.87. The zero-order valence-electron chi connectivity index (χ0n) is 12.7. The fraction of sp³-hybridized carbons (Fsp3) is 0.529. The molecular weight excluding hydrogens is 264 g/mol. The average Bonchev–Trinajstić information content (AvgIpc) is 2.32. The Kier molecular flexibility index (Phi) is 2.25. The summed E-state index contributed by atoms with van der Waals surface area (Å²) >= 11 is 0. The van der Waals surface area contributed by atoms with Crippen molar-refractivity contribution < 1.29 is 9.59 Å². The monoisotopic (exact) mass is 284 g/mol. The van der Waals surface area contributed by atoms with Gasteiger partial charge >= 0.3 is 0 Å². The molecule has 0 aromatic heterocycles. The van der Waals surface area contributed by atoms with Gasteiger partial charge in [0, 0.05) is 7.05 Å². The summed E-state index contributed by atoms with van der Waals surface area (Å²) in [5, 5.41) is 0. The van der Waals surface area contributed by atoms with Crippen molar-refractivity contribution in [2.75, 3.05) is 16.8 Å². The predicted octanol–water partition coefficient (Wildman–Crippen LogP) is 2.57. The van der Waals surface area contributed by atoms with E-state index in [9.17, 15) is 9.59 Å². The van der Waals surface area contributed by atoms with E-state index in [1.165, 1.54) is 0 Å². The maximum atomic E-state index is 13.1. The van der Waals surface area contributed by atoms with Crippen LogP contribution in [0.15, 0.2) is 24.3 Å². The molecule has 2 bridgehead atoms. The summed E-state index contributed by atoms with van der Waals surface area (Å²) in [6, 6.07) is 7.69. The molecule has 0 unspecified atom stereocenters. The predicted molar refractivity (Wildman–Crippen MR) is 81.2 cm³/mol. The molecule has 0 radical (unpaired) electrons. The zero-order valence-corrected chi connectivity index (χ0v) is 12.7. The number of carbonyl (C=O) groups excluding carboxylic acids is 2. The Morgan fingerprint density at radius 3 is 2.24 bits per heavy atom. The van der Waals surface area contributed by atoms with Crippen molar-refractivity contribution >= 4 is 23.2 Å². The Hall–Kier alpha value is -1.84. The van der Waals surface area contributed by atoms with Gasteiger partial charge in [-0.1, -0.05) is 12.1 Å². The second kappa shape index (κ2) is 3.67. The molecule has 0 atom stereocenters. The Morgan fingerprint density at radius 1 is 1.14 bits per heavy atom. The molecule has 3 aliphatic carbocycles. The minimum Gasteiger partial charge on any atom is -0.311 e. The quantitative estimate of drug-likeness (QED) is 0.795. The second-order valence-electron chi connectivity index (χ2n) is 7.31. The molecule has 5 rings (SSSR count). The van der Waals surface area contributed by atoms with Gasteiger partial charge in [0.2, 0.25) is 5.91 Å². The molecule has 1 aliphatic heterocycles. The molecule has 2 amide bonds. The van der Waals surface area contributed by atoms with Gasteiger partial charge in [0.05, 0.1) is 16.8 Å². The molecule has 1 aromatic rings. The molecule has 0 N–H and O–H groups in total. The molecule has 110 valence electrons. The first-order valence-corrected chi connectivity index (χ1v) is 7.59. The van der Waals surface area contributed by atoms with E-state index in [2.05, 4.69) is 0 Å². The number of rotatable bonds is 1. The molecular formula is C17H20N2O2. The van der Waals surface area contributed by atoms with Crippen molar-refractivity contribution in [2.45, 2.75) is 38.6 Å². The van der Waals surface area contributed by atoms with Crippen molar-refractivity contribution in [3.05, 3.63) is 24.3 Å². The van der Waals surface area contributed by atoms with Gasteiger partial charge in [0.15, 0.2) is 0 Å². The number of hydrogen-bond acceptors (Lipinski definition) is 2. The van der Waals surface area contributed by atoms with Gasteiger partial charge in [0.25, 0.3) is 5.91 Å². The lowest BCUT2D eigenvalue weighted by atomic mass is 9.44. The Bertz CT molecular complexity index is 647. The first kappa shape index (κ1) is 12.9. The van der Waals surface area contributed by atoms with Crippen LogP contribution in [0.25, 0.3) is 0 Å². The Labute approximate surface area is 124 Å². The van der Waals surface area contributed by atoms with Crippen LogP contribution in [0.1, 0.15) is 33.1 Å². The molecule has 21 heavy (non-hydrogen) atoms. The number of fused-ring (bicyclic) bond motifs is 1. The van der Waals surface area contributed by atoms with Crippen molar-refractivity contribution in [1.29, 1.82) is 0 Å². The summed E-state index contributed by atoms with van der Waals surface area (Å²) in [6.45, 7) is 3.70.